The fourth-order valence-electron chi connectivity index (χ4n) is 5.20. The van der Waals surface area contributed by atoms with Crippen LogP contribution in [0.3, 0.4) is 0 Å². The highest BCUT2D eigenvalue weighted by atomic mass is 19.4. The molecule has 6 nitrogen and oxygen atoms in total. The number of benzene rings is 2. The van der Waals surface area contributed by atoms with Crippen LogP contribution in [0.15, 0.2) is 42.5 Å². The predicted molar refractivity (Wildman–Crippen MR) is 126 cm³/mol. The summed E-state index contributed by atoms with van der Waals surface area (Å²) in [5, 5.41) is 6.06. The number of amides is 1. The zero-order chi connectivity index (χ0) is 24.7. The molecule has 2 aromatic carbocycles. The highest BCUT2D eigenvalue weighted by Crippen LogP contribution is 2.46. The van der Waals surface area contributed by atoms with Crippen LogP contribution in [0, 0.1) is 11.3 Å². The molecule has 2 atom stereocenters. The van der Waals surface area contributed by atoms with Crippen molar-refractivity contribution in [2.45, 2.75) is 59.4 Å². The Labute approximate surface area is 196 Å². The lowest BCUT2D eigenvalue weighted by Crippen LogP contribution is -2.29. The van der Waals surface area contributed by atoms with Gasteiger partial charge in [-0.15, -0.1) is 13.2 Å². The quantitative estimate of drug-likeness (QED) is 0.417. The maximum absolute atomic E-state index is 12.5. The SMILES string of the molecule is CC(=O)Nc1ccc2c(c1)nc(Nc1ccc(OC(F)(F)F)cc1)n2[C@@H]1C[C@H](C)CC(C)(C)C1. The number of halogens is 3. The molecule has 0 aliphatic heterocycles. The van der Waals surface area contributed by atoms with E-state index in [-0.39, 0.29) is 23.1 Å². The minimum absolute atomic E-state index is 0.166. The second-order valence-corrected chi connectivity index (χ2v) is 9.95. The number of carbonyl (C=O) groups excluding carboxylic acids is 1. The van der Waals surface area contributed by atoms with Gasteiger partial charge in [0.05, 0.1) is 11.0 Å². The fourth-order valence-corrected chi connectivity index (χ4v) is 5.20. The van der Waals surface area contributed by atoms with E-state index in [2.05, 4.69) is 40.7 Å². The van der Waals surface area contributed by atoms with Crippen LogP contribution in [0.5, 0.6) is 5.75 Å². The highest BCUT2D eigenvalue weighted by molar-refractivity contribution is 5.92. The van der Waals surface area contributed by atoms with E-state index in [1.165, 1.54) is 31.2 Å². The van der Waals surface area contributed by atoms with Gasteiger partial charge < -0.3 is 19.9 Å². The third-order valence-electron chi connectivity index (χ3n) is 6.08. The first kappa shape index (κ1) is 23.9. The summed E-state index contributed by atoms with van der Waals surface area (Å²) in [7, 11) is 0. The number of alkyl halides is 3. The number of carbonyl (C=O) groups is 1. The maximum atomic E-state index is 12.5. The van der Waals surface area contributed by atoms with Crippen LogP contribution in [0.25, 0.3) is 11.0 Å². The summed E-state index contributed by atoms with van der Waals surface area (Å²) < 4.78 is 43.6. The number of fused-ring (bicyclic) bond motifs is 1. The van der Waals surface area contributed by atoms with E-state index < -0.39 is 6.36 Å². The van der Waals surface area contributed by atoms with Crippen LogP contribution >= 0.6 is 0 Å². The molecular formula is C25H29F3N4O2. The van der Waals surface area contributed by atoms with Gasteiger partial charge in [0.25, 0.3) is 0 Å². The summed E-state index contributed by atoms with van der Waals surface area (Å²) in [6, 6.07) is 11.4. The maximum Gasteiger partial charge on any atom is 0.573 e. The van der Waals surface area contributed by atoms with Gasteiger partial charge in [-0.3, -0.25) is 4.79 Å². The number of ether oxygens (including phenoxy) is 1. The first-order chi connectivity index (χ1) is 15.9. The first-order valence-electron chi connectivity index (χ1n) is 11.3. The van der Waals surface area contributed by atoms with Crippen molar-refractivity contribution in [2.75, 3.05) is 10.6 Å². The number of anilines is 3. The number of nitrogens with one attached hydrogen (secondary N) is 2. The molecule has 1 aliphatic rings. The summed E-state index contributed by atoms with van der Waals surface area (Å²) in [5.41, 5.74) is 3.08. The van der Waals surface area contributed by atoms with Crippen LogP contribution in [0.2, 0.25) is 0 Å². The van der Waals surface area contributed by atoms with Crippen molar-refractivity contribution < 1.29 is 22.7 Å². The van der Waals surface area contributed by atoms with E-state index in [0.717, 1.165) is 30.3 Å². The van der Waals surface area contributed by atoms with Gasteiger partial charge in [0, 0.05) is 24.3 Å². The third kappa shape index (κ3) is 5.63. The highest BCUT2D eigenvalue weighted by Gasteiger charge is 2.35. The molecule has 2 N–H and O–H groups in total. The Morgan fingerprint density at radius 2 is 1.79 bits per heavy atom. The fraction of sp³-hybridized carbons (Fsp3) is 0.440. The van der Waals surface area contributed by atoms with Crippen molar-refractivity contribution in [1.29, 1.82) is 0 Å². The third-order valence-corrected chi connectivity index (χ3v) is 6.08. The van der Waals surface area contributed by atoms with Crippen LogP contribution in [0.4, 0.5) is 30.5 Å². The van der Waals surface area contributed by atoms with Gasteiger partial charge in [-0.05, 0) is 73.1 Å². The Hall–Kier alpha value is -3.23. The van der Waals surface area contributed by atoms with E-state index >= 15 is 0 Å². The number of aromatic nitrogens is 2. The average molecular weight is 475 g/mol. The molecule has 0 bridgehead atoms. The standard InChI is InChI=1S/C25H29F3N4O2/c1-15-11-19(14-24(3,4)13-15)32-22-10-7-18(29-16(2)33)12-21(22)31-23(32)30-17-5-8-20(9-6-17)34-25(26,27)28/h5-10,12,15,19H,11,13-14H2,1-4H3,(H,29,33)(H,30,31)/t15-,19+/m0/s1. The molecule has 1 aromatic heterocycles. The molecule has 0 unspecified atom stereocenters. The van der Waals surface area contributed by atoms with Gasteiger partial charge in [0.1, 0.15) is 5.75 Å². The number of imidazole rings is 1. The monoisotopic (exact) mass is 474 g/mol. The molecule has 1 saturated carbocycles. The van der Waals surface area contributed by atoms with Crippen LogP contribution < -0.4 is 15.4 Å². The smallest absolute Gasteiger partial charge is 0.406 e. The molecule has 182 valence electrons. The predicted octanol–water partition coefficient (Wildman–Crippen LogP) is 7.02. The Kier molecular flexibility index (Phi) is 6.22. The molecule has 34 heavy (non-hydrogen) atoms. The van der Waals surface area contributed by atoms with Gasteiger partial charge in [-0.2, -0.15) is 0 Å². The zero-order valence-electron chi connectivity index (χ0n) is 19.7. The Bertz CT molecular complexity index is 1190. The molecule has 9 heteroatoms. The molecular weight excluding hydrogens is 445 g/mol. The molecule has 0 saturated heterocycles. The van der Waals surface area contributed by atoms with E-state index in [1.807, 2.05) is 18.2 Å². The summed E-state index contributed by atoms with van der Waals surface area (Å²) in [6.07, 6.45) is -1.62. The minimum Gasteiger partial charge on any atom is -0.406 e. The minimum atomic E-state index is -4.74. The van der Waals surface area contributed by atoms with Crippen molar-refractivity contribution in [2.24, 2.45) is 11.3 Å². The lowest BCUT2D eigenvalue weighted by atomic mass is 9.70. The van der Waals surface area contributed by atoms with E-state index in [0.29, 0.717) is 23.2 Å². The topological polar surface area (TPSA) is 68.2 Å². The molecule has 0 spiro atoms. The van der Waals surface area contributed by atoms with Crippen LogP contribution in [0.1, 0.15) is 53.0 Å². The van der Waals surface area contributed by atoms with Crippen molar-refractivity contribution in [1.82, 2.24) is 9.55 Å². The van der Waals surface area contributed by atoms with Gasteiger partial charge in [-0.1, -0.05) is 20.8 Å². The van der Waals surface area contributed by atoms with E-state index in [9.17, 15) is 18.0 Å². The van der Waals surface area contributed by atoms with E-state index in [1.54, 1.807) is 0 Å². The molecule has 1 amide bonds. The lowest BCUT2D eigenvalue weighted by Gasteiger charge is -2.40. The number of hydrogen-bond acceptors (Lipinski definition) is 4. The summed E-state index contributed by atoms with van der Waals surface area (Å²) in [6.45, 7) is 8.26. The van der Waals surface area contributed by atoms with Crippen molar-refractivity contribution in [3.05, 3.63) is 42.5 Å². The summed E-state index contributed by atoms with van der Waals surface area (Å²) >= 11 is 0. The second-order valence-electron chi connectivity index (χ2n) is 9.95. The van der Waals surface area contributed by atoms with Crippen molar-refractivity contribution in [3.8, 4) is 5.75 Å². The largest absolute Gasteiger partial charge is 0.573 e. The van der Waals surface area contributed by atoms with Gasteiger partial charge in [-0.25, -0.2) is 4.98 Å². The van der Waals surface area contributed by atoms with Crippen molar-refractivity contribution >= 4 is 34.3 Å². The molecule has 1 aliphatic carbocycles. The Morgan fingerprint density at radius 1 is 1.12 bits per heavy atom. The Morgan fingerprint density at radius 3 is 2.41 bits per heavy atom. The van der Waals surface area contributed by atoms with E-state index in [4.69, 9.17) is 4.98 Å². The first-order valence-corrected chi connectivity index (χ1v) is 11.3. The molecule has 1 heterocycles. The molecule has 3 aromatic rings. The second kappa shape index (κ2) is 8.85. The zero-order valence-corrected chi connectivity index (χ0v) is 19.7. The molecule has 1 fully saturated rings. The van der Waals surface area contributed by atoms with Crippen LogP contribution in [-0.2, 0) is 4.79 Å². The summed E-state index contributed by atoms with van der Waals surface area (Å²) in [5.74, 6) is 0.696. The average Bonchev–Trinajstić information content (AvgIpc) is 3.03. The lowest BCUT2D eigenvalue weighted by molar-refractivity contribution is -0.274. The molecule has 0 radical (unpaired) electrons. The Balaban J connectivity index is 1.72. The van der Waals surface area contributed by atoms with Gasteiger partial charge in [0.15, 0.2) is 0 Å². The number of hydrogen-bond donors (Lipinski definition) is 2. The van der Waals surface area contributed by atoms with Crippen LogP contribution in [-0.4, -0.2) is 21.8 Å². The van der Waals surface area contributed by atoms with Gasteiger partial charge in [0.2, 0.25) is 11.9 Å². The number of nitrogens with zero attached hydrogens (tertiary/aromatic N) is 2. The number of rotatable bonds is 5. The summed E-state index contributed by atoms with van der Waals surface area (Å²) in [4.78, 5) is 16.3. The molecule has 4 rings (SSSR count). The van der Waals surface area contributed by atoms with Crippen molar-refractivity contribution in [3.63, 3.8) is 0 Å². The normalized spacial score (nSPS) is 20.2. The van der Waals surface area contributed by atoms with Gasteiger partial charge >= 0.3 is 6.36 Å².